The van der Waals surface area contributed by atoms with E-state index < -0.39 is 47.6 Å². The van der Waals surface area contributed by atoms with Gasteiger partial charge in [-0.1, -0.05) is 11.6 Å². The molecule has 3 aliphatic rings. The van der Waals surface area contributed by atoms with Gasteiger partial charge < -0.3 is 25.2 Å². The van der Waals surface area contributed by atoms with Crippen LogP contribution in [-0.4, -0.2) is 58.5 Å². The van der Waals surface area contributed by atoms with Crippen LogP contribution in [0.15, 0.2) is 36.5 Å². The predicted molar refractivity (Wildman–Crippen MR) is 123 cm³/mol. The van der Waals surface area contributed by atoms with E-state index in [1.54, 1.807) is 0 Å². The molecule has 1 aromatic heterocycles. The second-order valence-corrected chi connectivity index (χ2v) is 9.72. The van der Waals surface area contributed by atoms with Gasteiger partial charge in [0.05, 0.1) is 22.2 Å². The van der Waals surface area contributed by atoms with E-state index in [4.69, 9.17) is 16.3 Å². The van der Waals surface area contributed by atoms with E-state index in [1.807, 2.05) is 0 Å². The maximum Gasteiger partial charge on any atom is 0.422 e. The maximum absolute atomic E-state index is 13.5. The van der Waals surface area contributed by atoms with Gasteiger partial charge in [0, 0.05) is 23.9 Å². The smallest absolute Gasteiger partial charge is 0.422 e. The van der Waals surface area contributed by atoms with Crippen molar-refractivity contribution in [3.63, 3.8) is 0 Å². The third-order valence-electron chi connectivity index (χ3n) is 6.73. The van der Waals surface area contributed by atoms with E-state index in [0.717, 1.165) is 12.3 Å². The number of halogens is 5. The van der Waals surface area contributed by atoms with Crippen LogP contribution in [0.1, 0.15) is 42.5 Å². The zero-order valence-corrected chi connectivity index (χ0v) is 20.2. The number of ether oxygens (including phenoxy) is 2. The predicted octanol–water partition coefficient (Wildman–Crippen LogP) is 3.56. The number of amides is 2. The quantitative estimate of drug-likeness (QED) is 0.438. The Bertz CT molecular complexity index is 1150. The number of aliphatic hydroxyl groups excluding tert-OH is 1. The van der Waals surface area contributed by atoms with Crippen LogP contribution >= 0.6 is 11.6 Å². The normalized spacial score (nSPS) is 24.9. The number of aliphatic hydroxyl groups is 1. The number of hydrogen-bond acceptors (Lipinski definition) is 6. The van der Waals surface area contributed by atoms with Gasteiger partial charge in [-0.25, -0.2) is 9.37 Å². The molecule has 3 saturated carbocycles. The molecule has 8 nitrogen and oxygen atoms in total. The van der Waals surface area contributed by atoms with Gasteiger partial charge >= 0.3 is 6.18 Å². The zero-order chi connectivity index (χ0) is 26.8. The molecule has 0 saturated heterocycles. The molecule has 2 amide bonds. The van der Waals surface area contributed by atoms with E-state index in [-0.39, 0.29) is 35.2 Å². The van der Waals surface area contributed by atoms with Gasteiger partial charge in [0.25, 0.3) is 11.8 Å². The highest BCUT2D eigenvalue weighted by Gasteiger charge is 2.55. The molecule has 2 bridgehead atoms. The first kappa shape index (κ1) is 26.9. The van der Waals surface area contributed by atoms with Gasteiger partial charge in [0.1, 0.15) is 11.6 Å². The Kier molecular flexibility index (Phi) is 7.52. The number of alkyl halides is 3. The fourth-order valence-electron chi connectivity index (χ4n) is 4.76. The van der Waals surface area contributed by atoms with E-state index in [1.165, 1.54) is 24.3 Å². The molecule has 3 N–H and O–H groups in total. The van der Waals surface area contributed by atoms with Crippen LogP contribution in [-0.2, 0) is 4.79 Å². The number of fused-ring (bicyclic) bond motifs is 3. The average molecular weight is 546 g/mol. The molecule has 3 fully saturated rings. The molecule has 13 heteroatoms. The highest BCUT2D eigenvalue weighted by Crippen LogP contribution is 2.47. The zero-order valence-electron chi connectivity index (χ0n) is 19.4. The van der Waals surface area contributed by atoms with Crippen LogP contribution in [0, 0.1) is 5.82 Å². The standard InChI is InChI=1S/C24H24ClF4N3O5/c25-16-3-2-15(9-17(16)26)36-12-19(34)31-23-7-5-22(6-8-23,10-18(23)33)32-21(35)14-1-4-20(30-11-14)37-13-24(27,28)29/h1-4,9,11,18,33H,5-8,10,12-13H2,(H,31,34)(H,32,35)/t18-,22?,23?/m0/s1. The molecule has 1 heterocycles. The molecule has 0 radical (unpaired) electrons. The summed E-state index contributed by atoms with van der Waals surface area (Å²) in [5, 5.41) is 16.6. The lowest BCUT2D eigenvalue weighted by molar-refractivity contribution is -0.154. The summed E-state index contributed by atoms with van der Waals surface area (Å²) in [5.74, 6) is -1.76. The van der Waals surface area contributed by atoms with E-state index in [0.29, 0.717) is 25.7 Å². The minimum atomic E-state index is -4.50. The van der Waals surface area contributed by atoms with Crippen LogP contribution in [0.2, 0.25) is 5.02 Å². The van der Waals surface area contributed by atoms with Gasteiger partial charge in [0.2, 0.25) is 5.88 Å². The van der Waals surface area contributed by atoms with Crippen LogP contribution < -0.4 is 20.1 Å². The van der Waals surface area contributed by atoms with Crippen molar-refractivity contribution in [3.05, 3.63) is 52.9 Å². The lowest BCUT2D eigenvalue weighted by Gasteiger charge is -2.56. The summed E-state index contributed by atoms with van der Waals surface area (Å²) in [6.45, 7) is -1.87. The molecule has 2 aromatic rings. The van der Waals surface area contributed by atoms with Gasteiger partial charge in [-0.3, -0.25) is 9.59 Å². The van der Waals surface area contributed by atoms with Gasteiger partial charge in [-0.2, -0.15) is 13.2 Å². The van der Waals surface area contributed by atoms with Crippen molar-refractivity contribution >= 4 is 23.4 Å². The Labute approximate surface area is 214 Å². The van der Waals surface area contributed by atoms with Gasteiger partial charge in [-0.15, -0.1) is 0 Å². The molecule has 3 aliphatic carbocycles. The summed E-state index contributed by atoms with van der Waals surface area (Å²) in [7, 11) is 0. The largest absolute Gasteiger partial charge is 0.484 e. The average Bonchev–Trinajstić information content (AvgIpc) is 2.84. The van der Waals surface area contributed by atoms with Crippen molar-refractivity contribution in [3.8, 4) is 11.6 Å². The monoisotopic (exact) mass is 545 g/mol. The first-order valence-corrected chi connectivity index (χ1v) is 11.8. The third-order valence-corrected chi connectivity index (χ3v) is 7.04. The highest BCUT2D eigenvalue weighted by molar-refractivity contribution is 6.30. The molecule has 1 aromatic carbocycles. The molecular formula is C24H24ClF4N3O5. The van der Waals surface area contributed by atoms with Crippen molar-refractivity contribution in [2.24, 2.45) is 0 Å². The third kappa shape index (κ3) is 6.42. The minimum absolute atomic E-state index is 0.0676. The van der Waals surface area contributed by atoms with Gasteiger partial charge in [0.15, 0.2) is 13.2 Å². The van der Waals surface area contributed by atoms with Crippen LogP contribution in [0.4, 0.5) is 17.6 Å². The summed E-state index contributed by atoms with van der Waals surface area (Å²) in [4.78, 5) is 29.0. The number of carbonyl (C=O) groups excluding carboxylic acids is 2. The molecule has 0 aliphatic heterocycles. The fourth-order valence-corrected chi connectivity index (χ4v) is 4.88. The van der Waals surface area contributed by atoms with Crippen LogP contribution in [0.3, 0.4) is 0 Å². The second kappa shape index (κ2) is 10.3. The lowest BCUT2D eigenvalue weighted by atomic mass is 9.60. The van der Waals surface area contributed by atoms with Crippen molar-refractivity contribution in [1.82, 2.24) is 15.6 Å². The molecule has 37 heavy (non-hydrogen) atoms. The molecular weight excluding hydrogens is 522 g/mol. The van der Waals surface area contributed by atoms with Crippen molar-refractivity contribution in [2.45, 2.75) is 55.5 Å². The van der Waals surface area contributed by atoms with Crippen LogP contribution in [0.25, 0.3) is 0 Å². The Morgan fingerprint density at radius 2 is 1.84 bits per heavy atom. The van der Waals surface area contributed by atoms with Gasteiger partial charge in [-0.05, 0) is 50.3 Å². The maximum atomic E-state index is 13.5. The summed E-state index contributed by atoms with van der Waals surface area (Å²) >= 11 is 5.63. The number of carbonyl (C=O) groups is 2. The first-order chi connectivity index (χ1) is 17.4. The molecule has 0 unspecified atom stereocenters. The Morgan fingerprint density at radius 1 is 1.11 bits per heavy atom. The Balaban J connectivity index is 1.30. The second-order valence-electron chi connectivity index (χ2n) is 9.31. The minimum Gasteiger partial charge on any atom is -0.484 e. The molecule has 1 atom stereocenters. The highest BCUT2D eigenvalue weighted by atomic mass is 35.5. The number of benzene rings is 1. The number of pyridine rings is 1. The van der Waals surface area contributed by atoms with E-state index in [9.17, 15) is 32.3 Å². The van der Waals surface area contributed by atoms with Crippen molar-refractivity contribution < 1.29 is 41.7 Å². The van der Waals surface area contributed by atoms with Crippen molar-refractivity contribution in [2.75, 3.05) is 13.2 Å². The Morgan fingerprint density at radius 3 is 2.43 bits per heavy atom. The van der Waals surface area contributed by atoms with Crippen molar-refractivity contribution in [1.29, 1.82) is 0 Å². The molecule has 200 valence electrons. The number of nitrogens with zero attached hydrogens (tertiary/aromatic N) is 1. The summed E-state index contributed by atoms with van der Waals surface area (Å²) in [6.07, 6.45) is -2.35. The molecule has 5 rings (SSSR count). The summed E-state index contributed by atoms with van der Waals surface area (Å²) in [5.41, 5.74) is -1.45. The molecule has 0 spiro atoms. The first-order valence-electron chi connectivity index (χ1n) is 11.4. The summed E-state index contributed by atoms with van der Waals surface area (Å²) < 4.78 is 60.2. The number of rotatable bonds is 8. The van der Waals surface area contributed by atoms with E-state index >= 15 is 0 Å². The lowest BCUT2D eigenvalue weighted by Crippen LogP contribution is -2.70. The summed E-state index contributed by atoms with van der Waals surface area (Å²) in [6, 6.07) is 6.30. The fraction of sp³-hybridized carbons (Fsp3) is 0.458. The number of nitrogens with one attached hydrogen (secondary N) is 2. The van der Waals surface area contributed by atoms with E-state index in [2.05, 4.69) is 20.4 Å². The number of hydrogen-bond donors (Lipinski definition) is 3. The Hall–Kier alpha value is -3.12. The van der Waals surface area contributed by atoms with Crippen LogP contribution in [0.5, 0.6) is 11.6 Å². The SMILES string of the molecule is O=C(COc1ccc(Cl)c(F)c1)NC12CCC(NC(=O)c3ccc(OCC(F)(F)F)nc3)(CC1)C[C@@H]2O. The number of aromatic nitrogens is 1. The topological polar surface area (TPSA) is 110 Å².